The van der Waals surface area contributed by atoms with Gasteiger partial charge in [-0.25, -0.2) is 0 Å². The summed E-state index contributed by atoms with van der Waals surface area (Å²) in [5.74, 6) is -1.05. The minimum atomic E-state index is -1.28. The number of imide groups is 1. The first-order chi connectivity index (χ1) is 14.1. The summed E-state index contributed by atoms with van der Waals surface area (Å²) in [6, 6.07) is 8.28. The van der Waals surface area contributed by atoms with Crippen LogP contribution < -0.4 is 5.32 Å². The van der Waals surface area contributed by atoms with Crippen molar-refractivity contribution in [2.45, 2.75) is 13.2 Å². The zero-order valence-corrected chi connectivity index (χ0v) is 15.8. The minimum Gasteiger partial charge on any atom is -0.369 e. The number of fused-ring (bicyclic) bond motifs is 1. The maximum atomic E-state index is 11.6. The van der Waals surface area contributed by atoms with E-state index < -0.39 is 27.9 Å². The van der Waals surface area contributed by atoms with E-state index in [1.165, 1.54) is 50.4 Å². The molecule has 156 valence electrons. The number of nitro benzene ring substituents is 2. The van der Waals surface area contributed by atoms with Crippen LogP contribution in [0.5, 0.6) is 0 Å². The molecule has 12 nitrogen and oxygen atoms in total. The van der Waals surface area contributed by atoms with Gasteiger partial charge in [0.2, 0.25) is 6.41 Å². The summed E-state index contributed by atoms with van der Waals surface area (Å²) in [4.78, 5) is 54.1. The molecule has 1 atom stereocenters. The maximum Gasteiger partial charge on any atom is 0.277 e. The molecule has 0 aliphatic carbocycles. The van der Waals surface area contributed by atoms with E-state index in [2.05, 4.69) is 5.32 Å². The van der Waals surface area contributed by atoms with Crippen LogP contribution in [0.25, 0.3) is 0 Å². The lowest BCUT2D eigenvalue weighted by Crippen LogP contribution is -2.25. The summed E-state index contributed by atoms with van der Waals surface area (Å²) in [7, 11) is 1.30. The summed E-state index contributed by atoms with van der Waals surface area (Å²) in [6.07, 6.45) is -0.917. The molecule has 30 heavy (non-hydrogen) atoms. The molecule has 0 bridgehead atoms. The third kappa shape index (κ3) is 4.28. The lowest BCUT2D eigenvalue weighted by Gasteiger charge is -2.10. The molecule has 0 fully saturated rings. The molecule has 2 N–H and O–H groups in total. The Morgan fingerprint density at radius 2 is 1.70 bits per heavy atom. The normalized spacial score (nSPS) is 14.0. The number of carbonyl (C=O) groups is 3. The molecular weight excluding hydrogens is 400 g/mol. The quantitative estimate of drug-likeness (QED) is 0.428. The molecule has 1 aliphatic heterocycles. The van der Waals surface area contributed by atoms with E-state index in [0.717, 1.165) is 4.90 Å². The largest absolute Gasteiger partial charge is 0.369 e. The second kappa shape index (κ2) is 8.87. The summed E-state index contributed by atoms with van der Waals surface area (Å²) in [5.41, 5.74) is 0.239. The van der Waals surface area contributed by atoms with E-state index in [1.54, 1.807) is 0 Å². The van der Waals surface area contributed by atoms with E-state index in [4.69, 9.17) is 0 Å². The number of aliphatic hydroxyl groups is 1. The molecule has 0 radical (unpaired) electrons. The lowest BCUT2D eigenvalue weighted by atomic mass is 10.1. The van der Waals surface area contributed by atoms with Crippen LogP contribution in [0.1, 0.15) is 38.1 Å². The Kier molecular flexibility index (Phi) is 6.54. The van der Waals surface area contributed by atoms with E-state index in [1.807, 2.05) is 0 Å². The molecule has 12 heteroatoms. The van der Waals surface area contributed by atoms with Gasteiger partial charge in [0.25, 0.3) is 23.2 Å². The first-order valence-corrected chi connectivity index (χ1v) is 8.32. The highest BCUT2D eigenvalue weighted by Crippen LogP contribution is 2.31. The molecule has 2 aromatic carbocycles. The first kappa shape index (κ1) is 22.1. The predicted molar refractivity (Wildman–Crippen MR) is 102 cm³/mol. The Bertz CT molecular complexity index is 1050. The molecule has 2 aromatic rings. The van der Waals surface area contributed by atoms with Crippen LogP contribution in [0.2, 0.25) is 0 Å². The molecule has 0 saturated carbocycles. The third-order valence-electron chi connectivity index (χ3n) is 4.28. The highest BCUT2D eigenvalue weighted by atomic mass is 16.6. The van der Waals surface area contributed by atoms with Crippen LogP contribution in [0.15, 0.2) is 36.4 Å². The van der Waals surface area contributed by atoms with Crippen LogP contribution >= 0.6 is 0 Å². The van der Waals surface area contributed by atoms with Gasteiger partial charge in [0.15, 0.2) is 6.23 Å². The summed E-state index contributed by atoms with van der Waals surface area (Å²) in [5, 5.41) is 32.8. The Morgan fingerprint density at radius 3 is 2.27 bits per heavy atom. The molecule has 1 unspecified atom stereocenters. The molecule has 0 aromatic heterocycles. The summed E-state index contributed by atoms with van der Waals surface area (Å²) >= 11 is 0. The Hall–Kier alpha value is -4.19. The number of benzene rings is 2. The van der Waals surface area contributed by atoms with Crippen molar-refractivity contribution < 1.29 is 29.3 Å². The smallest absolute Gasteiger partial charge is 0.277 e. The number of nitrogens with one attached hydrogen (secondary N) is 1. The topological polar surface area (TPSA) is 173 Å². The lowest BCUT2D eigenvalue weighted by molar-refractivity contribution is -0.386. The summed E-state index contributed by atoms with van der Waals surface area (Å²) < 4.78 is 0. The Labute approximate surface area is 169 Å². The number of nitro groups is 2. The molecule has 0 saturated heterocycles. The van der Waals surface area contributed by atoms with Gasteiger partial charge in [0.1, 0.15) is 0 Å². The number of rotatable bonds is 4. The van der Waals surface area contributed by atoms with Crippen molar-refractivity contribution in [2.75, 3.05) is 7.05 Å². The van der Waals surface area contributed by atoms with Crippen LogP contribution in [-0.4, -0.2) is 45.1 Å². The number of amides is 3. The van der Waals surface area contributed by atoms with E-state index in [0.29, 0.717) is 6.41 Å². The SMILES string of the molecule is Cc1c(C(=O)N(C)C=O)cccc1[N+](=O)[O-].O=C1NC(O)c2c1cccc2[N+](=O)[O-]. The zero-order valence-electron chi connectivity index (χ0n) is 15.8. The number of carbonyl (C=O) groups excluding carboxylic acids is 3. The number of aliphatic hydroxyl groups excluding tert-OH is 1. The van der Waals surface area contributed by atoms with E-state index >= 15 is 0 Å². The van der Waals surface area contributed by atoms with Crippen molar-refractivity contribution in [3.05, 3.63) is 78.9 Å². The van der Waals surface area contributed by atoms with E-state index in [9.17, 15) is 39.7 Å². The van der Waals surface area contributed by atoms with Crippen molar-refractivity contribution in [2.24, 2.45) is 0 Å². The van der Waals surface area contributed by atoms with Crippen molar-refractivity contribution in [1.29, 1.82) is 0 Å². The minimum absolute atomic E-state index is 0.0440. The maximum absolute atomic E-state index is 11.6. The fourth-order valence-electron chi connectivity index (χ4n) is 2.76. The Balaban J connectivity index is 0.000000215. The monoisotopic (exact) mass is 416 g/mol. The van der Waals surface area contributed by atoms with Gasteiger partial charge in [-0.15, -0.1) is 0 Å². The molecular formula is C18H16N4O8. The second-order valence-electron chi connectivity index (χ2n) is 6.10. The van der Waals surface area contributed by atoms with Gasteiger partial charge in [-0.2, -0.15) is 0 Å². The van der Waals surface area contributed by atoms with Gasteiger partial charge in [-0.05, 0) is 19.1 Å². The molecule has 3 amide bonds. The highest BCUT2D eigenvalue weighted by molar-refractivity contribution is 6.01. The summed E-state index contributed by atoms with van der Waals surface area (Å²) in [6.45, 7) is 1.48. The Morgan fingerprint density at radius 1 is 1.13 bits per heavy atom. The van der Waals surface area contributed by atoms with Gasteiger partial charge in [0, 0.05) is 30.3 Å². The van der Waals surface area contributed by atoms with Crippen molar-refractivity contribution >= 4 is 29.6 Å². The number of hydrogen-bond donors (Lipinski definition) is 2. The molecule has 1 aliphatic rings. The number of hydrogen-bond acceptors (Lipinski definition) is 8. The zero-order chi connectivity index (χ0) is 22.6. The van der Waals surface area contributed by atoms with Gasteiger partial charge in [-0.1, -0.05) is 12.1 Å². The van der Waals surface area contributed by atoms with Crippen molar-refractivity contribution in [3.8, 4) is 0 Å². The standard InChI is InChI=1S/C10H10N2O4.C8H6N2O4/c1-7-8(10(14)11(2)6-13)4-3-5-9(7)12(15)16;11-7-4-2-1-3-5(10(13)14)6(4)8(12)9-7/h3-6H,1-2H3;1-3,8,12H,(H,9,11). The van der Waals surface area contributed by atoms with Crippen LogP contribution in [-0.2, 0) is 4.79 Å². The van der Waals surface area contributed by atoms with Gasteiger partial charge in [0.05, 0.1) is 21.0 Å². The average Bonchev–Trinajstić information content (AvgIpc) is 3.01. The molecule has 1 heterocycles. The van der Waals surface area contributed by atoms with Gasteiger partial charge in [-0.3, -0.25) is 39.5 Å². The fourth-order valence-corrected chi connectivity index (χ4v) is 2.76. The van der Waals surface area contributed by atoms with Gasteiger partial charge < -0.3 is 10.4 Å². The van der Waals surface area contributed by atoms with Crippen molar-refractivity contribution in [1.82, 2.24) is 10.2 Å². The van der Waals surface area contributed by atoms with E-state index in [-0.39, 0.29) is 33.6 Å². The van der Waals surface area contributed by atoms with Crippen LogP contribution in [0.3, 0.4) is 0 Å². The average molecular weight is 416 g/mol. The molecule has 0 spiro atoms. The van der Waals surface area contributed by atoms with Gasteiger partial charge >= 0.3 is 0 Å². The highest BCUT2D eigenvalue weighted by Gasteiger charge is 2.33. The number of nitrogens with zero attached hydrogens (tertiary/aromatic N) is 3. The molecule has 3 rings (SSSR count). The fraction of sp³-hybridized carbons (Fsp3) is 0.167. The second-order valence-corrected chi connectivity index (χ2v) is 6.10. The van der Waals surface area contributed by atoms with Crippen LogP contribution in [0, 0.1) is 27.2 Å². The van der Waals surface area contributed by atoms with Crippen molar-refractivity contribution in [3.63, 3.8) is 0 Å². The third-order valence-corrected chi connectivity index (χ3v) is 4.28. The first-order valence-electron chi connectivity index (χ1n) is 8.32. The predicted octanol–water partition coefficient (Wildman–Crippen LogP) is 1.46. The van der Waals surface area contributed by atoms with Crippen LogP contribution in [0.4, 0.5) is 11.4 Å².